The highest BCUT2D eigenvalue weighted by molar-refractivity contribution is 7.89. The second-order valence-electron chi connectivity index (χ2n) is 6.81. The van der Waals surface area contributed by atoms with Crippen LogP contribution in [0.15, 0.2) is 23.1 Å². The van der Waals surface area contributed by atoms with E-state index in [1.807, 2.05) is 0 Å². The van der Waals surface area contributed by atoms with Gasteiger partial charge in [0.2, 0.25) is 10.0 Å². The third-order valence-corrected chi connectivity index (χ3v) is 4.43. The van der Waals surface area contributed by atoms with E-state index in [9.17, 15) is 44.3 Å². The Morgan fingerprint density at radius 3 is 1.77 bits per heavy atom. The van der Waals surface area contributed by atoms with Crippen molar-refractivity contribution in [3.05, 3.63) is 29.3 Å². The normalized spacial score (nSPS) is 13.1. The summed E-state index contributed by atoms with van der Waals surface area (Å²) in [7, 11) is -4.96. The Morgan fingerprint density at radius 2 is 1.37 bits per heavy atom. The van der Waals surface area contributed by atoms with Crippen molar-refractivity contribution < 1.29 is 53.8 Å². The SMILES string of the molecule is CC(C)(C)OC(=O)COC(=O)CNS(=O)(=O)c1cc(C(F)(F)F)cc(C(F)(F)F)c1. The van der Waals surface area contributed by atoms with Crippen LogP contribution < -0.4 is 4.72 Å². The van der Waals surface area contributed by atoms with Gasteiger partial charge in [0.25, 0.3) is 0 Å². The molecular formula is C16H17F6NO6S. The van der Waals surface area contributed by atoms with Gasteiger partial charge in [0.05, 0.1) is 16.0 Å². The third-order valence-electron chi connectivity index (χ3n) is 3.05. The summed E-state index contributed by atoms with van der Waals surface area (Å²) in [5.74, 6) is -2.26. The summed E-state index contributed by atoms with van der Waals surface area (Å²) in [6.45, 7) is 2.57. The third kappa shape index (κ3) is 8.18. The average Bonchev–Trinajstić information content (AvgIpc) is 2.54. The number of hydrogen-bond acceptors (Lipinski definition) is 6. The van der Waals surface area contributed by atoms with Gasteiger partial charge in [0.15, 0.2) is 6.61 Å². The lowest BCUT2D eigenvalue weighted by Crippen LogP contribution is -2.33. The number of sulfonamides is 1. The fourth-order valence-electron chi connectivity index (χ4n) is 1.88. The van der Waals surface area contributed by atoms with Crippen molar-refractivity contribution in [1.29, 1.82) is 0 Å². The zero-order valence-electron chi connectivity index (χ0n) is 15.8. The molecule has 0 amide bonds. The molecular weight excluding hydrogens is 448 g/mol. The Labute approximate surface area is 167 Å². The molecule has 0 saturated carbocycles. The fourth-order valence-corrected chi connectivity index (χ4v) is 2.92. The van der Waals surface area contributed by atoms with Crippen LogP contribution in [0.2, 0.25) is 0 Å². The first-order valence-corrected chi connectivity index (χ1v) is 9.46. The van der Waals surface area contributed by atoms with E-state index in [0.717, 1.165) is 0 Å². The van der Waals surface area contributed by atoms with Crippen molar-refractivity contribution in [3.8, 4) is 0 Å². The molecule has 0 atom stereocenters. The predicted octanol–water partition coefficient (Wildman–Crippen LogP) is 2.89. The number of rotatable bonds is 6. The molecule has 0 radical (unpaired) electrons. The van der Waals surface area contributed by atoms with Crippen molar-refractivity contribution >= 4 is 22.0 Å². The van der Waals surface area contributed by atoms with E-state index in [-0.39, 0.29) is 18.2 Å². The highest BCUT2D eigenvalue weighted by Crippen LogP contribution is 2.37. The topological polar surface area (TPSA) is 98.8 Å². The second-order valence-corrected chi connectivity index (χ2v) is 8.58. The first-order valence-electron chi connectivity index (χ1n) is 7.98. The number of carbonyl (C=O) groups excluding carboxylic acids is 2. The van der Waals surface area contributed by atoms with Gasteiger partial charge < -0.3 is 9.47 Å². The molecule has 14 heteroatoms. The number of esters is 2. The molecule has 1 N–H and O–H groups in total. The Balaban J connectivity index is 2.94. The molecule has 7 nitrogen and oxygen atoms in total. The molecule has 170 valence electrons. The molecule has 0 fully saturated rings. The lowest BCUT2D eigenvalue weighted by atomic mass is 10.1. The van der Waals surface area contributed by atoms with E-state index < -0.39 is 69.1 Å². The Hall–Kier alpha value is -2.35. The smallest absolute Gasteiger partial charge is 0.416 e. The number of halogens is 6. The molecule has 30 heavy (non-hydrogen) atoms. The molecule has 0 aromatic heterocycles. The van der Waals surface area contributed by atoms with Crippen LogP contribution in [-0.2, 0) is 41.4 Å². The van der Waals surface area contributed by atoms with E-state index in [1.54, 1.807) is 0 Å². The minimum absolute atomic E-state index is 0.0103. The first kappa shape index (κ1) is 25.7. The summed E-state index contributed by atoms with van der Waals surface area (Å²) in [4.78, 5) is 21.6. The van der Waals surface area contributed by atoms with Gasteiger partial charge in [-0.15, -0.1) is 0 Å². The standard InChI is InChI=1S/C16H17F6NO6S/c1-14(2,3)29-13(25)8-28-12(24)7-23-30(26,27)11-5-9(15(17,18)19)4-10(6-11)16(20,21)22/h4-6,23H,7-8H2,1-3H3. The molecule has 0 unspecified atom stereocenters. The monoisotopic (exact) mass is 465 g/mol. The Bertz CT molecular complexity index is 870. The number of hydrogen-bond donors (Lipinski definition) is 1. The van der Waals surface area contributed by atoms with Crippen LogP contribution in [0, 0.1) is 0 Å². The van der Waals surface area contributed by atoms with E-state index in [0.29, 0.717) is 0 Å². The quantitative estimate of drug-likeness (QED) is 0.513. The van der Waals surface area contributed by atoms with Crippen molar-refractivity contribution in [2.45, 2.75) is 43.6 Å². The van der Waals surface area contributed by atoms with E-state index in [1.165, 1.54) is 25.5 Å². The van der Waals surface area contributed by atoms with Crippen LogP contribution in [0.1, 0.15) is 31.9 Å². The van der Waals surface area contributed by atoms with Crippen LogP contribution in [0.5, 0.6) is 0 Å². The largest absolute Gasteiger partial charge is 0.457 e. The zero-order valence-corrected chi connectivity index (χ0v) is 16.6. The van der Waals surface area contributed by atoms with Crippen LogP contribution in [-0.4, -0.2) is 39.1 Å². The summed E-state index contributed by atoms with van der Waals surface area (Å²) >= 11 is 0. The van der Waals surface area contributed by atoms with Crippen LogP contribution in [0.4, 0.5) is 26.3 Å². The van der Waals surface area contributed by atoms with Gasteiger partial charge >= 0.3 is 24.3 Å². The molecule has 0 bridgehead atoms. The molecule has 0 aliphatic heterocycles. The minimum Gasteiger partial charge on any atom is -0.457 e. The van der Waals surface area contributed by atoms with Gasteiger partial charge in [-0.2, -0.15) is 31.1 Å². The van der Waals surface area contributed by atoms with Crippen LogP contribution in [0.25, 0.3) is 0 Å². The lowest BCUT2D eigenvalue weighted by Gasteiger charge is -2.19. The summed E-state index contributed by atoms with van der Waals surface area (Å²) < 4.78 is 112. The second kappa shape index (κ2) is 8.79. The Kier molecular flexibility index (Phi) is 7.53. The summed E-state index contributed by atoms with van der Waals surface area (Å²) in [6.07, 6.45) is -10.5. The van der Waals surface area contributed by atoms with Gasteiger partial charge in [0.1, 0.15) is 12.1 Å². The number of nitrogens with one attached hydrogen (secondary N) is 1. The van der Waals surface area contributed by atoms with E-state index >= 15 is 0 Å². The van der Waals surface area contributed by atoms with Crippen LogP contribution >= 0.6 is 0 Å². The Morgan fingerprint density at radius 1 is 0.900 bits per heavy atom. The molecule has 1 rings (SSSR count). The van der Waals surface area contributed by atoms with Gasteiger partial charge in [0, 0.05) is 0 Å². The number of alkyl halides is 6. The first-order chi connectivity index (χ1) is 13.3. The maximum Gasteiger partial charge on any atom is 0.416 e. The van der Waals surface area contributed by atoms with Gasteiger partial charge in [-0.3, -0.25) is 4.79 Å². The molecule has 0 saturated heterocycles. The highest BCUT2D eigenvalue weighted by Gasteiger charge is 2.38. The van der Waals surface area contributed by atoms with Crippen molar-refractivity contribution in [1.82, 2.24) is 4.72 Å². The van der Waals surface area contributed by atoms with E-state index in [2.05, 4.69) is 4.74 Å². The van der Waals surface area contributed by atoms with Gasteiger partial charge in [-0.25, -0.2) is 13.2 Å². The number of carbonyl (C=O) groups is 2. The molecule has 1 aromatic carbocycles. The van der Waals surface area contributed by atoms with Crippen LogP contribution in [0.3, 0.4) is 0 Å². The fraction of sp³-hybridized carbons (Fsp3) is 0.500. The average molecular weight is 465 g/mol. The number of ether oxygens (including phenoxy) is 2. The molecule has 0 spiro atoms. The molecule has 0 aliphatic rings. The minimum atomic E-state index is -5.25. The highest BCUT2D eigenvalue weighted by atomic mass is 32.2. The molecule has 0 aliphatic carbocycles. The summed E-state index contributed by atoms with van der Waals surface area (Å²) in [6, 6.07) is -0.263. The maximum atomic E-state index is 12.8. The molecule has 1 aromatic rings. The number of benzene rings is 1. The lowest BCUT2D eigenvalue weighted by molar-refractivity contribution is -0.166. The maximum absolute atomic E-state index is 12.8. The van der Waals surface area contributed by atoms with Gasteiger partial charge in [-0.1, -0.05) is 0 Å². The molecule has 0 heterocycles. The van der Waals surface area contributed by atoms with Crippen molar-refractivity contribution in [2.24, 2.45) is 0 Å². The van der Waals surface area contributed by atoms with Crippen molar-refractivity contribution in [3.63, 3.8) is 0 Å². The van der Waals surface area contributed by atoms with Gasteiger partial charge in [-0.05, 0) is 39.0 Å². The summed E-state index contributed by atoms with van der Waals surface area (Å²) in [5.41, 5.74) is -4.57. The summed E-state index contributed by atoms with van der Waals surface area (Å²) in [5, 5.41) is 0. The predicted molar refractivity (Wildman–Crippen MR) is 88.4 cm³/mol. The zero-order chi connectivity index (χ0) is 23.5. The van der Waals surface area contributed by atoms with Crippen molar-refractivity contribution in [2.75, 3.05) is 13.2 Å². The van der Waals surface area contributed by atoms with E-state index in [4.69, 9.17) is 4.74 Å².